The molecule has 2 N–H and O–H groups in total. The third-order valence-corrected chi connectivity index (χ3v) is 0.625. The van der Waals surface area contributed by atoms with E-state index < -0.39 is 6.03 Å². The number of oxazole rings is 1. The van der Waals surface area contributed by atoms with Gasteiger partial charge in [-0.2, -0.15) is 0 Å². The predicted molar refractivity (Wildman–Crippen MR) is 27.9 cm³/mol. The van der Waals surface area contributed by atoms with Crippen LogP contribution >= 0.6 is 0 Å². The third-order valence-electron chi connectivity index (χ3n) is 0.625. The summed E-state index contributed by atoms with van der Waals surface area (Å²) in [7, 11) is 0. The molecule has 5 nitrogen and oxygen atoms in total. The SMILES string of the molecule is NC(=O)[N]c1ncco1. The zero-order valence-corrected chi connectivity index (χ0v) is 4.44. The van der Waals surface area contributed by atoms with Gasteiger partial charge in [-0.3, -0.25) is 0 Å². The molecule has 0 unspecified atom stereocenters. The molecule has 0 atom stereocenters. The Labute approximate surface area is 50.9 Å². The molecule has 0 aliphatic carbocycles. The van der Waals surface area contributed by atoms with E-state index in [-0.39, 0.29) is 6.01 Å². The number of carbonyl (C=O) groups excluding carboxylic acids is 1. The quantitative estimate of drug-likeness (QED) is 0.574. The van der Waals surface area contributed by atoms with E-state index in [0.29, 0.717) is 0 Å². The summed E-state index contributed by atoms with van der Waals surface area (Å²) in [6.45, 7) is 0. The van der Waals surface area contributed by atoms with Crippen molar-refractivity contribution in [3.8, 4) is 0 Å². The van der Waals surface area contributed by atoms with Crippen molar-refractivity contribution < 1.29 is 9.21 Å². The molecule has 2 amide bonds. The largest absolute Gasteiger partial charge is 0.431 e. The maximum atomic E-state index is 10.0. The fourth-order valence-electron chi connectivity index (χ4n) is 0.365. The van der Waals surface area contributed by atoms with Crippen molar-refractivity contribution in [2.24, 2.45) is 5.73 Å². The van der Waals surface area contributed by atoms with Gasteiger partial charge in [-0.15, -0.1) is 5.32 Å². The van der Waals surface area contributed by atoms with Crippen LogP contribution in [0.5, 0.6) is 0 Å². The molecule has 5 heteroatoms. The Balaban J connectivity index is 2.58. The van der Waals surface area contributed by atoms with E-state index in [2.05, 4.69) is 20.5 Å². The standard InChI is InChI=1S/C4H4N3O2/c5-3(8)7-4-6-1-2-9-4/h1-2H,(H2,5,8). The Kier molecular flexibility index (Phi) is 1.35. The van der Waals surface area contributed by atoms with Crippen LogP contribution in [0.4, 0.5) is 10.8 Å². The minimum atomic E-state index is -0.808. The van der Waals surface area contributed by atoms with Gasteiger partial charge in [0.25, 0.3) is 0 Å². The Morgan fingerprint density at radius 1 is 1.89 bits per heavy atom. The van der Waals surface area contributed by atoms with E-state index in [9.17, 15) is 4.79 Å². The fourth-order valence-corrected chi connectivity index (χ4v) is 0.365. The van der Waals surface area contributed by atoms with Crippen LogP contribution in [-0.4, -0.2) is 11.0 Å². The van der Waals surface area contributed by atoms with Crippen LogP contribution in [0.2, 0.25) is 0 Å². The summed E-state index contributed by atoms with van der Waals surface area (Å²) < 4.78 is 4.57. The van der Waals surface area contributed by atoms with Crippen LogP contribution in [0.15, 0.2) is 16.9 Å². The lowest BCUT2D eigenvalue weighted by molar-refractivity contribution is 0.250. The first-order valence-corrected chi connectivity index (χ1v) is 2.19. The topological polar surface area (TPSA) is 83.2 Å². The Hall–Kier alpha value is -1.52. The summed E-state index contributed by atoms with van der Waals surface area (Å²) in [5.41, 5.74) is 4.68. The van der Waals surface area contributed by atoms with Crippen molar-refractivity contribution in [1.29, 1.82) is 0 Å². The molecule has 0 saturated heterocycles. The molecule has 1 aromatic rings. The first-order chi connectivity index (χ1) is 4.29. The first kappa shape index (κ1) is 5.61. The lowest BCUT2D eigenvalue weighted by Crippen LogP contribution is -2.18. The van der Waals surface area contributed by atoms with Crippen LogP contribution in [0.1, 0.15) is 0 Å². The molecule has 1 heterocycles. The van der Waals surface area contributed by atoms with Crippen molar-refractivity contribution in [3.05, 3.63) is 12.5 Å². The molecule has 0 bridgehead atoms. The maximum Gasteiger partial charge on any atom is 0.342 e. The number of hydrogen-bond donors (Lipinski definition) is 1. The van der Waals surface area contributed by atoms with Gasteiger partial charge < -0.3 is 10.2 Å². The van der Waals surface area contributed by atoms with Crippen LogP contribution in [0.3, 0.4) is 0 Å². The van der Waals surface area contributed by atoms with Crippen LogP contribution in [0.25, 0.3) is 0 Å². The number of nitrogens with zero attached hydrogens (tertiary/aromatic N) is 2. The minimum Gasteiger partial charge on any atom is -0.431 e. The third kappa shape index (κ3) is 1.45. The van der Waals surface area contributed by atoms with E-state index in [1.807, 2.05) is 0 Å². The number of rotatable bonds is 1. The number of primary amides is 1. The number of hydrogen-bond acceptors (Lipinski definition) is 3. The summed E-state index contributed by atoms with van der Waals surface area (Å²) in [5.74, 6) is 0. The van der Waals surface area contributed by atoms with Crippen LogP contribution in [0, 0.1) is 0 Å². The lowest BCUT2D eigenvalue weighted by atomic mass is 10.9. The average Bonchev–Trinajstić information content (AvgIpc) is 2.15. The van der Waals surface area contributed by atoms with E-state index in [0.717, 1.165) is 0 Å². The van der Waals surface area contributed by atoms with Gasteiger partial charge in [0.15, 0.2) is 0 Å². The van der Waals surface area contributed by atoms with Crippen LogP contribution in [-0.2, 0) is 0 Å². The number of aromatic nitrogens is 1. The average molecular weight is 126 g/mol. The first-order valence-electron chi connectivity index (χ1n) is 2.19. The molecule has 0 spiro atoms. The highest BCUT2D eigenvalue weighted by Crippen LogP contribution is 1.98. The zero-order chi connectivity index (χ0) is 6.69. The Bertz CT molecular complexity index is 194. The number of amides is 2. The number of nitrogens with two attached hydrogens (primary N) is 1. The summed E-state index contributed by atoms with van der Waals surface area (Å²) in [6, 6.07) is -0.819. The summed E-state index contributed by atoms with van der Waals surface area (Å²) in [4.78, 5) is 13.5. The van der Waals surface area contributed by atoms with Gasteiger partial charge in [0.05, 0.1) is 6.20 Å². The molecule has 0 aromatic carbocycles. The molecule has 9 heavy (non-hydrogen) atoms. The Morgan fingerprint density at radius 3 is 3.11 bits per heavy atom. The van der Waals surface area contributed by atoms with Crippen LogP contribution < -0.4 is 11.1 Å². The van der Waals surface area contributed by atoms with E-state index in [1.165, 1.54) is 12.5 Å². The highest BCUT2D eigenvalue weighted by atomic mass is 16.4. The van der Waals surface area contributed by atoms with Crippen molar-refractivity contribution in [2.75, 3.05) is 0 Å². The predicted octanol–water partition coefficient (Wildman–Crippen LogP) is -0.0108. The molecule has 1 aromatic heterocycles. The zero-order valence-electron chi connectivity index (χ0n) is 4.44. The van der Waals surface area contributed by atoms with E-state index in [4.69, 9.17) is 0 Å². The second-order valence-corrected chi connectivity index (χ2v) is 1.26. The van der Waals surface area contributed by atoms with Crippen molar-refractivity contribution >= 4 is 12.0 Å². The highest BCUT2D eigenvalue weighted by molar-refractivity contribution is 5.74. The summed E-state index contributed by atoms with van der Waals surface area (Å²) in [5, 5.41) is 3.18. The maximum absolute atomic E-state index is 10.0. The highest BCUT2D eigenvalue weighted by Gasteiger charge is 2.00. The van der Waals surface area contributed by atoms with Gasteiger partial charge in [-0.25, -0.2) is 9.78 Å². The molecular weight excluding hydrogens is 122 g/mol. The smallest absolute Gasteiger partial charge is 0.342 e. The molecule has 47 valence electrons. The Morgan fingerprint density at radius 2 is 2.67 bits per heavy atom. The second-order valence-electron chi connectivity index (χ2n) is 1.26. The van der Waals surface area contributed by atoms with Gasteiger partial charge in [0, 0.05) is 0 Å². The molecule has 1 rings (SSSR count). The summed E-state index contributed by atoms with van der Waals surface area (Å²) >= 11 is 0. The number of carbonyl (C=O) groups is 1. The van der Waals surface area contributed by atoms with Crippen molar-refractivity contribution in [3.63, 3.8) is 0 Å². The van der Waals surface area contributed by atoms with E-state index >= 15 is 0 Å². The van der Waals surface area contributed by atoms with Crippen molar-refractivity contribution in [1.82, 2.24) is 10.3 Å². The van der Waals surface area contributed by atoms with E-state index in [1.54, 1.807) is 0 Å². The van der Waals surface area contributed by atoms with Gasteiger partial charge in [-0.05, 0) is 0 Å². The molecule has 0 saturated carbocycles. The number of urea groups is 1. The molecular formula is C4H4N3O2. The van der Waals surface area contributed by atoms with Gasteiger partial charge in [0.2, 0.25) is 0 Å². The normalized spacial score (nSPS) is 8.89. The molecule has 0 aliphatic rings. The second kappa shape index (κ2) is 2.17. The van der Waals surface area contributed by atoms with Gasteiger partial charge >= 0.3 is 12.0 Å². The van der Waals surface area contributed by atoms with Gasteiger partial charge in [0.1, 0.15) is 6.26 Å². The summed E-state index contributed by atoms with van der Waals surface area (Å²) in [6.07, 6.45) is 2.68. The van der Waals surface area contributed by atoms with Gasteiger partial charge in [-0.1, -0.05) is 0 Å². The van der Waals surface area contributed by atoms with Crippen molar-refractivity contribution in [2.45, 2.75) is 0 Å². The lowest BCUT2D eigenvalue weighted by Gasteiger charge is -1.85. The molecule has 0 fully saturated rings. The fraction of sp³-hybridized carbons (Fsp3) is 0. The molecule has 0 aliphatic heterocycles. The minimum absolute atomic E-state index is 0.0116. The monoisotopic (exact) mass is 126 g/mol. The molecule has 1 radical (unpaired) electrons.